The van der Waals surface area contributed by atoms with Crippen molar-refractivity contribution in [2.24, 2.45) is 0 Å². The van der Waals surface area contributed by atoms with E-state index < -0.39 is 0 Å². The lowest BCUT2D eigenvalue weighted by atomic mass is 9.81. The van der Waals surface area contributed by atoms with Crippen molar-refractivity contribution in [3.63, 3.8) is 0 Å². The highest BCUT2D eigenvalue weighted by Crippen LogP contribution is 2.51. The SMILES string of the molecule is CC1(C)c2cc(-c3ccccc3)ccc2-c2ccc(-c3ccc4cc(-c5cc6ccc7ccc8ccccc8c7c6c6ccccc56)ccc4c3)cc21. The number of benzene rings is 10. The standard InChI is InChI=1S/C53H36/c1-53(2)49-31-39(33-10-4-3-5-11-33)24-26-45(49)46-27-25-40(32-50(46)53)37-19-20-38-29-41(22-21-36(38)28-37)48-30-42-23-18-35-17-16-34-12-6-7-13-43(34)51(35)52(42)47-15-9-8-14-44(47)48/h3-32H,1-2H3. The molecule has 0 spiro atoms. The van der Waals surface area contributed by atoms with Crippen molar-refractivity contribution in [3.8, 4) is 44.5 Å². The zero-order valence-electron chi connectivity index (χ0n) is 29.8. The molecule has 0 unspecified atom stereocenters. The Kier molecular flexibility index (Phi) is 6.40. The average Bonchev–Trinajstić information content (AvgIpc) is 3.44. The number of hydrogen-bond donors (Lipinski definition) is 0. The quantitative estimate of drug-likeness (QED) is 0.164. The average molecular weight is 673 g/mol. The van der Waals surface area contributed by atoms with Gasteiger partial charge in [0.15, 0.2) is 0 Å². The monoisotopic (exact) mass is 672 g/mol. The van der Waals surface area contributed by atoms with Gasteiger partial charge in [-0.25, -0.2) is 0 Å². The Morgan fingerprint density at radius 2 is 0.774 bits per heavy atom. The van der Waals surface area contributed by atoms with Crippen LogP contribution in [0.2, 0.25) is 0 Å². The molecule has 11 rings (SSSR count). The van der Waals surface area contributed by atoms with Crippen LogP contribution in [0.5, 0.6) is 0 Å². The van der Waals surface area contributed by atoms with Gasteiger partial charge in [-0.1, -0.05) is 166 Å². The molecule has 0 heteroatoms. The van der Waals surface area contributed by atoms with Gasteiger partial charge in [0, 0.05) is 5.41 Å². The smallest absolute Gasteiger partial charge is 0.0159 e. The molecule has 10 aromatic carbocycles. The molecule has 0 saturated heterocycles. The first kappa shape index (κ1) is 30.2. The van der Waals surface area contributed by atoms with Gasteiger partial charge in [-0.05, 0) is 140 Å². The Morgan fingerprint density at radius 3 is 1.51 bits per heavy atom. The topological polar surface area (TPSA) is 0 Å². The molecule has 53 heavy (non-hydrogen) atoms. The first-order chi connectivity index (χ1) is 26.0. The first-order valence-electron chi connectivity index (χ1n) is 18.7. The van der Waals surface area contributed by atoms with Gasteiger partial charge >= 0.3 is 0 Å². The fraction of sp³-hybridized carbons (Fsp3) is 0.0566. The Hall–Kier alpha value is -6.50. The van der Waals surface area contributed by atoms with Crippen molar-refractivity contribution in [1.29, 1.82) is 0 Å². The molecular weight excluding hydrogens is 637 g/mol. The summed E-state index contributed by atoms with van der Waals surface area (Å²) in [5, 5.41) is 12.9. The third kappa shape index (κ3) is 4.55. The van der Waals surface area contributed by atoms with Crippen LogP contribution in [-0.4, -0.2) is 0 Å². The van der Waals surface area contributed by atoms with Crippen LogP contribution in [0.1, 0.15) is 25.0 Å². The molecule has 0 nitrogen and oxygen atoms in total. The minimum atomic E-state index is -0.0841. The molecule has 0 heterocycles. The molecule has 0 atom stereocenters. The highest BCUT2D eigenvalue weighted by molar-refractivity contribution is 6.29. The summed E-state index contributed by atoms with van der Waals surface area (Å²) >= 11 is 0. The predicted octanol–water partition coefficient (Wildman–Crippen LogP) is 14.8. The number of rotatable bonds is 3. The maximum absolute atomic E-state index is 2.43. The van der Waals surface area contributed by atoms with E-state index in [-0.39, 0.29) is 5.41 Å². The first-order valence-corrected chi connectivity index (χ1v) is 18.7. The van der Waals surface area contributed by atoms with Gasteiger partial charge in [-0.2, -0.15) is 0 Å². The van der Waals surface area contributed by atoms with Gasteiger partial charge in [0.1, 0.15) is 0 Å². The minimum Gasteiger partial charge on any atom is -0.0622 e. The van der Waals surface area contributed by atoms with Gasteiger partial charge in [-0.3, -0.25) is 0 Å². The third-order valence-electron chi connectivity index (χ3n) is 12.0. The van der Waals surface area contributed by atoms with Crippen LogP contribution in [0.4, 0.5) is 0 Å². The maximum Gasteiger partial charge on any atom is 0.0159 e. The molecule has 0 fully saturated rings. The van der Waals surface area contributed by atoms with E-state index in [0.29, 0.717) is 0 Å². The molecule has 10 aromatic rings. The van der Waals surface area contributed by atoms with Gasteiger partial charge in [0.2, 0.25) is 0 Å². The van der Waals surface area contributed by atoms with E-state index in [2.05, 4.69) is 196 Å². The molecule has 248 valence electrons. The van der Waals surface area contributed by atoms with Crippen molar-refractivity contribution in [1.82, 2.24) is 0 Å². The summed E-state index contributed by atoms with van der Waals surface area (Å²) in [6.45, 7) is 4.75. The van der Waals surface area contributed by atoms with Gasteiger partial charge in [0.25, 0.3) is 0 Å². The van der Waals surface area contributed by atoms with Crippen molar-refractivity contribution in [3.05, 3.63) is 193 Å². The van der Waals surface area contributed by atoms with Crippen LogP contribution < -0.4 is 0 Å². The second-order valence-corrected chi connectivity index (χ2v) is 15.3. The molecule has 0 aliphatic heterocycles. The fourth-order valence-electron chi connectivity index (χ4n) is 9.25. The van der Waals surface area contributed by atoms with Crippen molar-refractivity contribution >= 4 is 53.9 Å². The maximum atomic E-state index is 2.43. The Bertz CT molecular complexity index is 3120. The Balaban J connectivity index is 0.993. The Morgan fingerprint density at radius 1 is 0.283 bits per heavy atom. The zero-order valence-corrected chi connectivity index (χ0v) is 29.8. The Labute approximate surface area is 309 Å². The largest absolute Gasteiger partial charge is 0.0622 e. The van der Waals surface area contributed by atoms with Crippen LogP contribution in [0, 0.1) is 0 Å². The molecule has 1 aliphatic carbocycles. The summed E-state index contributed by atoms with van der Waals surface area (Å²) in [6, 6.07) is 67.9. The highest BCUT2D eigenvalue weighted by atomic mass is 14.4. The lowest BCUT2D eigenvalue weighted by molar-refractivity contribution is 0.661. The molecular formula is C53H36. The second-order valence-electron chi connectivity index (χ2n) is 15.3. The summed E-state index contributed by atoms with van der Waals surface area (Å²) in [4.78, 5) is 0. The lowest BCUT2D eigenvalue weighted by Crippen LogP contribution is -2.15. The van der Waals surface area contributed by atoms with Gasteiger partial charge < -0.3 is 0 Å². The van der Waals surface area contributed by atoms with Crippen LogP contribution in [-0.2, 0) is 5.41 Å². The normalized spacial score (nSPS) is 13.2. The molecule has 0 bridgehead atoms. The molecule has 0 amide bonds. The fourth-order valence-corrected chi connectivity index (χ4v) is 9.25. The van der Waals surface area contributed by atoms with Crippen LogP contribution in [0.25, 0.3) is 98.4 Å². The van der Waals surface area contributed by atoms with Crippen LogP contribution in [0.15, 0.2) is 182 Å². The number of fused-ring (bicyclic) bond motifs is 11. The summed E-state index contributed by atoms with van der Waals surface area (Å²) in [5.41, 5.74) is 13.0. The van der Waals surface area contributed by atoms with Crippen molar-refractivity contribution in [2.75, 3.05) is 0 Å². The van der Waals surface area contributed by atoms with Crippen molar-refractivity contribution in [2.45, 2.75) is 19.3 Å². The predicted molar refractivity (Wildman–Crippen MR) is 228 cm³/mol. The van der Waals surface area contributed by atoms with E-state index in [1.165, 1.54) is 109 Å². The van der Waals surface area contributed by atoms with E-state index in [9.17, 15) is 0 Å². The molecule has 0 aromatic heterocycles. The second kappa shape index (κ2) is 11.2. The van der Waals surface area contributed by atoms with E-state index in [4.69, 9.17) is 0 Å². The van der Waals surface area contributed by atoms with E-state index in [0.717, 1.165) is 0 Å². The molecule has 0 N–H and O–H groups in total. The molecule has 1 aliphatic rings. The van der Waals surface area contributed by atoms with Crippen molar-refractivity contribution < 1.29 is 0 Å². The number of hydrogen-bond acceptors (Lipinski definition) is 0. The summed E-state index contributed by atoms with van der Waals surface area (Å²) < 4.78 is 0. The lowest BCUT2D eigenvalue weighted by Gasteiger charge is -2.22. The summed E-state index contributed by atoms with van der Waals surface area (Å²) in [7, 11) is 0. The van der Waals surface area contributed by atoms with E-state index in [1.54, 1.807) is 0 Å². The third-order valence-corrected chi connectivity index (χ3v) is 12.0. The van der Waals surface area contributed by atoms with Crippen LogP contribution >= 0.6 is 0 Å². The van der Waals surface area contributed by atoms with Crippen LogP contribution in [0.3, 0.4) is 0 Å². The zero-order chi connectivity index (χ0) is 35.3. The van der Waals surface area contributed by atoms with Gasteiger partial charge in [-0.15, -0.1) is 0 Å². The summed E-state index contributed by atoms with van der Waals surface area (Å²) in [5.74, 6) is 0. The van der Waals surface area contributed by atoms with E-state index >= 15 is 0 Å². The highest BCUT2D eigenvalue weighted by Gasteiger charge is 2.35. The van der Waals surface area contributed by atoms with Gasteiger partial charge in [0.05, 0.1) is 0 Å². The van der Waals surface area contributed by atoms with E-state index in [1.807, 2.05) is 0 Å². The molecule has 0 saturated carbocycles. The molecule has 0 radical (unpaired) electrons. The minimum absolute atomic E-state index is 0.0841. The summed E-state index contributed by atoms with van der Waals surface area (Å²) in [6.07, 6.45) is 0.